The Labute approximate surface area is 94.7 Å². The van der Waals surface area contributed by atoms with E-state index in [0.29, 0.717) is 0 Å². The van der Waals surface area contributed by atoms with Gasteiger partial charge in [0.1, 0.15) is 0 Å². The predicted molar refractivity (Wildman–Crippen MR) is 64.4 cm³/mol. The third kappa shape index (κ3) is 2.48. The zero-order valence-electron chi connectivity index (χ0n) is 9.31. The van der Waals surface area contributed by atoms with Crippen molar-refractivity contribution in [3.63, 3.8) is 0 Å². The molecular formula is C10H18N4S. The quantitative estimate of drug-likeness (QED) is 0.814. The van der Waals surface area contributed by atoms with E-state index in [1.165, 1.54) is 4.88 Å². The number of piperazine rings is 1. The number of thiazole rings is 1. The van der Waals surface area contributed by atoms with Crippen molar-refractivity contribution in [3.8, 4) is 0 Å². The van der Waals surface area contributed by atoms with Crippen molar-refractivity contribution in [3.05, 3.63) is 11.1 Å². The van der Waals surface area contributed by atoms with Crippen LogP contribution in [0.3, 0.4) is 0 Å². The Balaban J connectivity index is 2.03. The standard InChI is InChI=1S/C10H18N4S/c1-8(11)9-7-12-10(15-9)14-5-3-13(2)4-6-14/h7-8H,3-6,11H2,1-2H3. The number of aromatic nitrogens is 1. The number of rotatable bonds is 2. The molecule has 1 atom stereocenters. The fraction of sp³-hybridized carbons (Fsp3) is 0.700. The lowest BCUT2D eigenvalue weighted by molar-refractivity contribution is 0.313. The van der Waals surface area contributed by atoms with Crippen molar-refractivity contribution < 1.29 is 0 Å². The number of nitrogens with zero attached hydrogens (tertiary/aromatic N) is 3. The second kappa shape index (κ2) is 4.47. The molecule has 2 heterocycles. The van der Waals surface area contributed by atoms with Crippen LogP contribution >= 0.6 is 11.3 Å². The molecule has 0 aromatic carbocycles. The Hall–Kier alpha value is -0.650. The molecular weight excluding hydrogens is 208 g/mol. The van der Waals surface area contributed by atoms with E-state index < -0.39 is 0 Å². The van der Waals surface area contributed by atoms with Gasteiger partial charge in [0.25, 0.3) is 0 Å². The molecule has 1 saturated heterocycles. The van der Waals surface area contributed by atoms with Crippen LogP contribution in [0.25, 0.3) is 0 Å². The molecule has 15 heavy (non-hydrogen) atoms. The second-order valence-electron chi connectivity index (χ2n) is 4.12. The highest BCUT2D eigenvalue weighted by atomic mass is 32.1. The summed E-state index contributed by atoms with van der Waals surface area (Å²) >= 11 is 1.72. The first-order chi connectivity index (χ1) is 7.16. The second-order valence-corrected chi connectivity index (χ2v) is 5.16. The molecule has 2 N–H and O–H groups in total. The average Bonchev–Trinajstić information content (AvgIpc) is 2.68. The van der Waals surface area contributed by atoms with Crippen molar-refractivity contribution in [2.24, 2.45) is 5.73 Å². The van der Waals surface area contributed by atoms with Gasteiger partial charge < -0.3 is 15.5 Å². The summed E-state index contributed by atoms with van der Waals surface area (Å²) < 4.78 is 0. The van der Waals surface area contributed by atoms with Crippen LogP contribution in [0, 0.1) is 0 Å². The first-order valence-corrected chi connectivity index (χ1v) is 6.13. The van der Waals surface area contributed by atoms with Gasteiger partial charge in [-0.15, -0.1) is 11.3 Å². The average molecular weight is 226 g/mol. The largest absolute Gasteiger partial charge is 0.346 e. The van der Waals surface area contributed by atoms with Gasteiger partial charge in [-0.1, -0.05) is 0 Å². The molecule has 0 spiro atoms. The van der Waals surface area contributed by atoms with E-state index in [4.69, 9.17) is 5.73 Å². The first-order valence-electron chi connectivity index (χ1n) is 5.31. The molecule has 2 rings (SSSR count). The van der Waals surface area contributed by atoms with Crippen molar-refractivity contribution in [1.82, 2.24) is 9.88 Å². The lowest BCUT2D eigenvalue weighted by Crippen LogP contribution is -2.44. The highest BCUT2D eigenvalue weighted by Gasteiger charge is 2.17. The van der Waals surface area contributed by atoms with E-state index in [1.807, 2.05) is 13.1 Å². The summed E-state index contributed by atoms with van der Waals surface area (Å²) in [7, 11) is 2.16. The van der Waals surface area contributed by atoms with Gasteiger partial charge in [-0.2, -0.15) is 0 Å². The Bertz CT molecular complexity index is 315. The Morgan fingerprint density at radius 1 is 1.40 bits per heavy atom. The molecule has 0 aliphatic carbocycles. The van der Waals surface area contributed by atoms with Crippen LogP contribution < -0.4 is 10.6 Å². The zero-order valence-corrected chi connectivity index (χ0v) is 10.1. The third-order valence-electron chi connectivity index (χ3n) is 2.73. The maximum atomic E-state index is 5.82. The molecule has 1 aromatic heterocycles. The number of anilines is 1. The van der Waals surface area contributed by atoms with E-state index >= 15 is 0 Å². The number of nitrogens with two attached hydrogens (primary N) is 1. The molecule has 0 radical (unpaired) electrons. The summed E-state index contributed by atoms with van der Waals surface area (Å²) in [6.45, 7) is 6.38. The van der Waals surface area contributed by atoms with Gasteiger partial charge in [0.05, 0.1) is 0 Å². The van der Waals surface area contributed by atoms with Crippen molar-refractivity contribution in [2.75, 3.05) is 38.1 Å². The van der Waals surface area contributed by atoms with E-state index in [2.05, 4.69) is 21.8 Å². The van der Waals surface area contributed by atoms with Gasteiger partial charge in [-0.05, 0) is 14.0 Å². The van der Waals surface area contributed by atoms with Crippen LogP contribution in [0.4, 0.5) is 5.13 Å². The molecule has 84 valence electrons. The normalized spacial score (nSPS) is 20.6. The predicted octanol–water partition coefficient (Wildman–Crippen LogP) is 0.915. The summed E-state index contributed by atoms with van der Waals surface area (Å²) in [6.07, 6.45) is 1.91. The summed E-state index contributed by atoms with van der Waals surface area (Å²) in [5, 5.41) is 1.12. The van der Waals surface area contributed by atoms with E-state index in [-0.39, 0.29) is 6.04 Å². The van der Waals surface area contributed by atoms with Crippen LogP contribution in [-0.2, 0) is 0 Å². The Morgan fingerprint density at radius 2 is 2.07 bits per heavy atom. The molecule has 4 nitrogen and oxygen atoms in total. The maximum Gasteiger partial charge on any atom is 0.185 e. The molecule has 1 aromatic rings. The van der Waals surface area contributed by atoms with Gasteiger partial charge in [-0.25, -0.2) is 4.98 Å². The van der Waals surface area contributed by atoms with E-state index in [0.717, 1.165) is 31.3 Å². The molecule has 0 amide bonds. The summed E-state index contributed by atoms with van der Waals surface area (Å²) in [4.78, 5) is 10.3. The minimum atomic E-state index is 0.101. The monoisotopic (exact) mass is 226 g/mol. The van der Waals surface area contributed by atoms with Gasteiger partial charge in [0, 0.05) is 43.3 Å². The molecule has 1 aliphatic heterocycles. The van der Waals surface area contributed by atoms with Gasteiger partial charge >= 0.3 is 0 Å². The maximum absolute atomic E-state index is 5.82. The highest BCUT2D eigenvalue weighted by molar-refractivity contribution is 7.15. The fourth-order valence-electron chi connectivity index (χ4n) is 1.63. The highest BCUT2D eigenvalue weighted by Crippen LogP contribution is 2.26. The van der Waals surface area contributed by atoms with Crippen molar-refractivity contribution in [1.29, 1.82) is 0 Å². The summed E-state index contributed by atoms with van der Waals surface area (Å²) in [5.41, 5.74) is 5.82. The molecule has 5 heteroatoms. The Kier molecular flexibility index (Phi) is 3.23. The third-order valence-corrected chi connectivity index (χ3v) is 3.99. The van der Waals surface area contributed by atoms with Crippen LogP contribution in [0.5, 0.6) is 0 Å². The molecule has 1 aliphatic rings. The minimum Gasteiger partial charge on any atom is -0.346 e. The Morgan fingerprint density at radius 3 is 2.60 bits per heavy atom. The smallest absolute Gasteiger partial charge is 0.185 e. The first kappa shape index (κ1) is 10.9. The van der Waals surface area contributed by atoms with Crippen LogP contribution in [0.2, 0.25) is 0 Å². The van der Waals surface area contributed by atoms with E-state index in [1.54, 1.807) is 11.3 Å². The van der Waals surface area contributed by atoms with Crippen molar-refractivity contribution in [2.45, 2.75) is 13.0 Å². The van der Waals surface area contributed by atoms with Gasteiger partial charge in [-0.3, -0.25) is 0 Å². The summed E-state index contributed by atoms with van der Waals surface area (Å²) in [6, 6.07) is 0.101. The van der Waals surface area contributed by atoms with Crippen LogP contribution in [0.15, 0.2) is 6.20 Å². The zero-order chi connectivity index (χ0) is 10.8. The van der Waals surface area contributed by atoms with Gasteiger partial charge in [0.2, 0.25) is 0 Å². The summed E-state index contributed by atoms with van der Waals surface area (Å²) in [5.74, 6) is 0. The molecule has 1 unspecified atom stereocenters. The SMILES string of the molecule is CC(N)c1cnc(N2CCN(C)CC2)s1. The number of hydrogen-bond donors (Lipinski definition) is 1. The van der Waals surface area contributed by atoms with Crippen molar-refractivity contribution >= 4 is 16.5 Å². The minimum absolute atomic E-state index is 0.101. The van der Waals surface area contributed by atoms with Gasteiger partial charge in [0.15, 0.2) is 5.13 Å². The van der Waals surface area contributed by atoms with Crippen LogP contribution in [0.1, 0.15) is 17.8 Å². The molecule has 0 bridgehead atoms. The lowest BCUT2D eigenvalue weighted by atomic mass is 10.3. The molecule has 0 saturated carbocycles. The topological polar surface area (TPSA) is 45.4 Å². The lowest BCUT2D eigenvalue weighted by Gasteiger charge is -2.32. The fourth-order valence-corrected chi connectivity index (χ4v) is 2.55. The molecule has 1 fully saturated rings. The number of likely N-dealkylation sites (N-methyl/N-ethyl adjacent to an activating group) is 1. The van der Waals surface area contributed by atoms with E-state index in [9.17, 15) is 0 Å². The number of hydrogen-bond acceptors (Lipinski definition) is 5. The van der Waals surface area contributed by atoms with Crippen LogP contribution in [-0.4, -0.2) is 43.1 Å².